The molecule has 2 unspecified atom stereocenters. The summed E-state index contributed by atoms with van der Waals surface area (Å²) in [5.41, 5.74) is 5.72. The third kappa shape index (κ3) is 4.65. The molecule has 0 bridgehead atoms. The molecule has 0 saturated carbocycles. The molecule has 2 atom stereocenters. The predicted molar refractivity (Wildman–Crippen MR) is 74.9 cm³/mol. The largest absolute Gasteiger partial charge is 0.479 e. The molecule has 1 aromatic heterocycles. The highest BCUT2D eigenvalue weighted by atomic mass is 32.1. The highest BCUT2D eigenvalue weighted by Gasteiger charge is 2.27. The van der Waals surface area contributed by atoms with E-state index in [2.05, 4.69) is 5.32 Å². The number of carboxylic acid groups (broad SMARTS) is 1. The molecule has 0 aliphatic heterocycles. The van der Waals surface area contributed by atoms with Crippen LogP contribution >= 0.6 is 11.3 Å². The first-order valence-electron chi connectivity index (χ1n) is 6.03. The van der Waals surface area contributed by atoms with Crippen molar-refractivity contribution in [2.75, 3.05) is 0 Å². The monoisotopic (exact) mass is 284 g/mol. The van der Waals surface area contributed by atoms with Gasteiger partial charge in [0.25, 0.3) is 0 Å². The van der Waals surface area contributed by atoms with Gasteiger partial charge in [-0.15, -0.1) is 11.3 Å². The van der Waals surface area contributed by atoms with Crippen LogP contribution in [-0.2, 0) is 9.59 Å². The molecule has 19 heavy (non-hydrogen) atoms. The van der Waals surface area contributed by atoms with Crippen molar-refractivity contribution in [2.45, 2.75) is 39.3 Å². The van der Waals surface area contributed by atoms with Gasteiger partial charge >= 0.3 is 5.97 Å². The fourth-order valence-electron chi connectivity index (χ4n) is 1.44. The molecule has 1 heterocycles. The van der Waals surface area contributed by atoms with Crippen molar-refractivity contribution < 1.29 is 14.7 Å². The second-order valence-electron chi connectivity index (χ2n) is 5.53. The van der Waals surface area contributed by atoms with E-state index in [4.69, 9.17) is 10.8 Å². The summed E-state index contributed by atoms with van der Waals surface area (Å²) in [6.07, 6.45) is 0.110. The number of carboxylic acids is 1. The molecule has 0 aromatic carbocycles. The lowest BCUT2D eigenvalue weighted by molar-refractivity contribution is -0.142. The van der Waals surface area contributed by atoms with Gasteiger partial charge in [-0.25, -0.2) is 4.79 Å². The molecular weight excluding hydrogens is 264 g/mol. The van der Waals surface area contributed by atoms with Gasteiger partial charge in [-0.3, -0.25) is 4.79 Å². The van der Waals surface area contributed by atoms with E-state index in [1.165, 1.54) is 11.3 Å². The van der Waals surface area contributed by atoms with Crippen molar-refractivity contribution in [3.05, 3.63) is 22.4 Å². The van der Waals surface area contributed by atoms with Crippen molar-refractivity contribution >= 4 is 23.2 Å². The summed E-state index contributed by atoms with van der Waals surface area (Å²) in [6.45, 7) is 5.83. The van der Waals surface area contributed by atoms with E-state index in [0.717, 1.165) is 0 Å². The average molecular weight is 284 g/mol. The Morgan fingerprint density at radius 3 is 2.53 bits per heavy atom. The molecule has 0 radical (unpaired) electrons. The highest BCUT2D eigenvalue weighted by molar-refractivity contribution is 7.10. The molecule has 0 spiro atoms. The van der Waals surface area contributed by atoms with Crippen molar-refractivity contribution in [3.63, 3.8) is 0 Å². The molecular formula is C13H20N2O3S. The van der Waals surface area contributed by atoms with Gasteiger partial charge in [0.1, 0.15) is 0 Å². The third-order valence-corrected chi connectivity index (χ3v) is 3.83. The van der Waals surface area contributed by atoms with Crippen LogP contribution in [0.15, 0.2) is 17.5 Å². The maximum atomic E-state index is 11.9. The van der Waals surface area contributed by atoms with Crippen molar-refractivity contribution in [3.8, 4) is 0 Å². The van der Waals surface area contributed by atoms with E-state index in [1.807, 2.05) is 20.8 Å². The zero-order valence-corrected chi connectivity index (χ0v) is 12.2. The number of carbonyl (C=O) groups excluding carboxylic acids is 1. The topological polar surface area (TPSA) is 92.4 Å². The molecule has 1 amide bonds. The van der Waals surface area contributed by atoms with Gasteiger partial charge in [-0.05, 0) is 16.9 Å². The van der Waals surface area contributed by atoms with Gasteiger partial charge in [0.2, 0.25) is 5.91 Å². The molecule has 0 saturated heterocycles. The Labute approximate surface area is 116 Å². The van der Waals surface area contributed by atoms with Crippen LogP contribution in [-0.4, -0.2) is 23.0 Å². The summed E-state index contributed by atoms with van der Waals surface area (Å²) in [7, 11) is 0. The predicted octanol–water partition coefficient (Wildman–Crippen LogP) is 1.75. The Kier molecular flexibility index (Phi) is 5.08. The maximum absolute atomic E-state index is 11.9. The van der Waals surface area contributed by atoms with Gasteiger partial charge in [-0.1, -0.05) is 26.8 Å². The fraction of sp³-hybridized carbons (Fsp3) is 0.538. The van der Waals surface area contributed by atoms with E-state index in [9.17, 15) is 9.59 Å². The van der Waals surface area contributed by atoms with Crippen LogP contribution < -0.4 is 11.1 Å². The SMILES string of the molecule is CC(C)(C)C(N)CC(=O)NC(C(=O)O)c1cccs1. The molecule has 0 fully saturated rings. The Morgan fingerprint density at radius 2 is 2.11 bits per heavy atom. The van der Waals surface area contributed by atoms with Crippen molar-refractivity contribution in [1.29, 1.82) is 0 Å². The Morgan fingerprint density at radius 1 is 1.47 bits per heavy atom. The summed E-state index contributed by atoms with van der Waals surface area (Å²) in [4.78, 5) is 23.6. The van der Waals surface area contributed by atoms with Gasteiger partial charge in [0, 0.05) is 17.3 Å². The highest BCUT2D eigenvalue weighted by Crippen LogP contribution is 2.22. The molecule has 0 aliphatic carbocycles. The summed E-state index contributed by atoms with van der Waals surface area (Å²) >= 11 is 1.30. The first-order chi connectivity index (χ1) is 8.71. The summed E-state index contributed by atoms with van der Waals surface area (Å²) in [5, 5.41) is 13.4. The Balaban J connectivity index is 2.66. The van der Waals surface area contributed by atoms with Crippen LogP contribution in [0.3, 0.4) is 0 Å². The number of rotatable bonds is 5. The van der Waals surface area contributed by atoms with Crippen LogP contribution in [0, 0.1) is 5.41 Å². The number of nitrogens with one attached hydrogen (secondary N) is 1. The normalized spacial score (nSPS) is 14.7. The molecule has 5 nitrogen and oxygen atoms in total. The van der Waals surface area contributed by atoms with Crippen molar-refractivity contribution in [1.82, 2.24) is 5.32 Å². The number of hydrogen-bond donors (Lipinski definition) is 3. The number of amides is 1. The first kappa shape index (κ1) is 15.7. The van der Waals surface area contributed by atoms with E-state index in [0.29, 0.717) is 4.88 Å². The number of thiophene rings is 1. The lowest BCUT2D eigenvalue weighted by atomic mass is 9.85. The van der Waals surface area contributed by atoms with E-state index in [1.54, 1.807) is 17.5 Å². The third-order valence-electron chi connectivity index (χ3n) is 2.90. The van der Waals surface area contributed by atoms with Crippen LogP contribution in [0.5, 0.6) is 0 Å². The smallest absolute Gasteiger partial charge is 0.331 e. The zero-order chi connectivity index (χ0) is 14.6. The van der Waals surface area contributed by atoms with E-state index < -0.39 is 12.0 Å². The lowest BCUT2D eigenvalue weighted by Crippen LogP contribution is -2.42. The second-order valence-corrected chi connectivity index (χ2v) is 6.51. The van der Waals surface area contributed by atoms with Crippen LogP contribution in [0.25, 0.3) is 0 Å². The minimum Gasteiger partial charge on any atom is -0.479 e. The quantitative estimate of drug-likeness (QED) is 0.768. The van der Waals surface area contributed by atoms with Crippen molar-refractivity contribution in [2.24, 2.45) is 11.1 Å². The lowest BCUT2D eigenvalue weighted by Gasteiger charge is -2.26. The number of carbonyl (C=O) groups is 2. The molecule has 6 heteroatoms. The Bertz CT molecular complexity index is 437. The molecule has 106 valence electrons. The zero-order valence-electron chi connectivity index (χ0n) is 11.3. The first-order valence-corrected chi connectivity index (χ1v) is 6.91. The average Bonchev–Trinajstić information content (AvgIpc) is 2.77. The van der Waals surface area contributed by atoms with Gasteiger partial charge < -0.3 is 16.2 Å². The van der Waals surface area contributed by atoms with Crippen LogP contribution in [0.4, 0.5) is 0 Å². The van der Waals surface area contributed by atoms with Gasteiger partial charge in [0.05, 0.1) is 0 Å². The van der Waals surface area contributed by atoms with Gasteiger partial charge in [-0.2, -0.15) is 0 Å². The minimum absolute atomic E-state index is 0.110. The molecule has 1 rings (SSSR count). The standard InChI is InChI=1S/C13H20N2O3S/c1-13(2,3)9(14)7-10(16)15-11(12(17)18)8-5-4-6-19-8/h4-6,9,11H,7,14H2,1-3H3,(H,15,16)(H,17,18). The summed E-state index contributed by atoms with van der Waals surface area (Å²) in [6, 6.07) is 2.13. The number of hydrogen-bond acceptors (Lipinski definition) is 4. The van der Waals surface area contributed by atoms with E-state index >= 15 is 0 Å². The Hall–Kier alpha value is -1.40. The van der Waals surface area contributed by atoms with Crippen LogP contribution in [0.2, 0.25) is 0 Å². The fourth-order valence-corrected chi connectivity index (χ4v) is 2.20. The summed E-state index contributed by atoms with van der Waals surface area (Å²) < 4.78 is 0. The molecule has 4 N–H and O–H groups in total. The minimum atomic E-state index is -1.07. The van der Waals surface area contributed by atoms with Gasteiger partial charge in [0.15, 0.2) is 6.04 Å². The van der Waals surface area contributed by atoms with E-state index in [-0.39, 0.29) is 23.8 Å². The number of aliphatic carboxylic acids is 1. The second kappa shape index (κ2) is 6.16. The number of nitrogens with two attached hydrogens (primary N) is 1. The maximum Gasteiger partial charge on any atom is 0.331 e. The summed E-state index contributed by atoms with van der Waals surface area (Å²) in [5.74, 6) is -1.41. The molecule has 1 aromatic rings. The van der Waals surface area contributed by atoms with Crippen LogP contribution in [0.1, 0.15) is 38.1 Å². The molecule has 0 aliphatic rings.